The van der Waals surface area contributed by atoms with Crippen LogP contribution in [0.25, 0.3) is 0 Å². The topological polar surface area (TPSA) is 175 Å². The van der Waals surface area contributed by atoms with Gasteiger partial charge in [0.05, 0.1) is 25.4 Å². The predicted molar refractivity (Wildman–Crippen MR) is 333 cm³/mol. The second kappa shape index (κ2) is 56.1. The van der Waals surface area contributed by atoms with Crippen molar-refractivity contribution in [3.8, 4) is 0 Å². The van der Waals surface area contributed by atoms with E-state index in [0.29, 0.717) is 12.8 Å². The Balaban J connectivity index is 2.66. The minimum Gasteiger partial charge on any atom is -0.454 e. The van der Waals surface area contributed by atoms with Gasteiger partial charge < -0.3 is 45.1 Å². The van der Waals surface area contributed by atoms with Crippen LogP contribution < -0.4 is 5.32 Å². The van der Waals surface area contributed by atoms with Gasteiger partial charge in [0.1, 0.15) is 24.4 Å². The quantitative estimate of drug-likeness (QED) is 0.0195. The molecule has 11 nitrogen and oxygen atoms in total. The molecule has 1 heterocycles. The van der Waals surface area contributed by atoms with Crippen LogP contribution in [0.3, 0.4) is 0 Å². The SMILES string of the molecule is CCCCC/C=C\C/C=C\C/C=C\C/C=C\CCCCCCCCCC(=O)OC1C(OCC(NC(=O)C(O)CCCCC/C=C\C/C=C\C/C=C\CCCCC)C(O)/C=C/CCCCCCCCCCCC)OC(CO)C(O)C1O. The summed E-state index contributed by atoms with van der Waals surface area (Å²) in [5, 5.41) is 57.0. The number of carbonyl (C=O) groups excluding carboxylic acids is 2. The van der Waals surface area contributed by atoms with Gasteiger partial charge in [-0.15, -0.1) is 0 Å². The molecular weight excluding hydrogens is 1000 g/mol. The molecular formula is C69H119NO10. The molecule has 1 amide bonds. The van der Waals surface area contributed by atoms with E-state index in [9.17, 15) is 35.1 Å². The summed E-state index contributed by atoms with van der Waals surface area (Å²) in [7, 11) is 0. The van der Waals surface area contributed by atoms with E-state index in [0.717, 1.165) is 128 Å². The normalized spacial score (nSPS) is 19.4. The number of amides is 1. The molecule has 0 aromatic carbocycles. The summed E-state index contributed by atoms with van der Waals surface area (Å²) in [6, 6.07) is -1.04. The molecule has 6 N–H and O–H groups in total. The van der Waals surface area contributed by atoms with Crippen molar-refractivity contribution in [3.05, 3.63) is 97.2 Å². The largest absolute Gasteiger partial charge is 0.454 e. The van der Waals surface area contributed by atoms with Gasteiger partial charge in [-0.2, -0.15) is 0 Å². The molecule has 1 rings (SSSR count). The maximum Gasteiger partial charge on any atom is 0.306 e. The first-order valence-corrected chi connectivity index (χ1v) is 32.5. The van der Waals surface area contributed by atoms with Crippen LogP contribution in [0.15, 0.2) is 97.2 Å². The number of esters is 1. The Morgan fingerprint density at radius 2 is 0.863 bits per heavy atom. The molecule has 8 unspecified atom stereocenters. The lowest BCUT2D eigenvalue weighted by molar-refractivity contribution is -0.305. The first kappa shape index (κ1) is 74.6. The van der Waals surface area contributed by atoms with E-state index in [1.165, 1.54) is 89.9 Å². The summed E-state index contributed by atoms with van der Waals surface area (Å²) >= 11 is 0. The minimum absolute atomic E-state index is 0.104. The third-order valence-electron chi connectivity index (χ3n) is 14.7. The van der Waals surface area contributed by atoms with Gasteiger partial charge in [0.2, 0.25) is 5.91 Å². The number of aliphatic hydroxyl groups is 5. The van der Waals surface area contributed by atoms with Crippen LogP contribution in [-0.4, -0.2) is 99.6 Å². The van der Waals surface area contributed by atoms with Crippen molar-refractivity contribution in [1.82, 2.24) is 5.32 Å². The van der Waals surface area contributed by atoms with Gasteiger partial charge in [0, 0.05) is 6.42 Å². The number of hydrogen-bond acceptors (Lipinski definition) is 10. The molecule has 11 heteroatoms. The number of nitrogens with one attached hydrogen (secondary N) is 1. The zero-order chi connectivity index (χ0) is 58.2. The van der Waals surface area contributed by atoms with Crippen LogP contribution in [0.2, 0.25) is 0 Å². The molecule has 0 bridgehead atoms. The highest BCUT2D eigenvalue weighted by Gasteiger charge is 2.47. The summed E-state index contributed by atoms with van der Waals surface area (Å²) < 4.78 is 17.6. The smallest absolute Gasteiger partial charge is 0.306 e. The van der Waals surface area contributed by atoms with Gasteiger partial charge in [-0.05, 0) is 109 Å². The molecule has 0 aliphatic carbocycles. The zero-order valence-corrected chi connectivity index (χ0v) is 50.9. The lowest BCUT2D eigenvalue weighted by Gasteiger charge is -2.41. The summed E-state index contributed by atoms with van der Waals surface area (Å²) in [5.41, 5.74) is 0. The predicted octanol–water partition coefficient (Wildman–Crippen LogP) is 15.9. The highest BCUT2D eigenvalue weighted by molar-refractivity contribution is 5.80. The third-order valence-corrected chi connectivity index (χ3v) is 14.7. The second-order valence-electron chi connectivity index (χ2n) is 22.1. The van der Waals surface area contributed by atoms with Crippen LogP contribution in [0, 0.1) is 0 Å². The van der Waals surface area contributed by atoms with Gasteiger partial charge >= 0.3 is 5.97 Å². The van der Waals surface area contributed by atoms with Crippen LogP contribution in [0.4, 0.5) is 0 Å². The molecule has 1 aliphatic rings. The van der Waals surface area contributed by atoms with Gasteiger partial charge in [0.15, 0.2) is 12.4 Å². The fraction of sp³-hybridized carbons (Fsp3) is 0.739. The Morgan fingerprint density at radius 3 is 1.31 bits per heavy atom. The fourth-order valence-corrected chi connectivity index (χ4v) is 9.52. The van der Waals surface area contributed by atoms with Crippen molar-refractivity contribution in [2.75, 3.05) is 13.2 Å². The molecule has 1 saturated heterocycles. The van der Waals surface area contributed by atoms with E-state index in [4.69, 9.17) is 14.2 Å². The summed E-state index contributed by atoms with van der Waals surface area (Å²) in [4.78, 5) is 26.6. The van der Waals surface area contributed by atoms with Crippen molar-refractivity contribution < 1.29 is 49.3 Å². The first-order chi connectivity index (χ1) is 39.2. The first-order valence-electron chi connectivity index (χ1n) is 32.5. The fourth-order valence-electron chi connectivity index (χ4n) is 9.52. The minimum atomic E-state index is -1.63. The summed E-state index contributed by atoms with van der Waals surface area (Å²) in [6.45, 7) is 5.71. The molecule has 460 valence electrons. The summed E-state index contributed by atoms with van der Waals surface area (Å²) in [6.07, 6.45) is 64.3. The van der Waals surface area contributed by atoms with E-state index in [1.807, 2.05) is 6.08 Å². The Kier molecular flexibility index (Phi) is 52.3. The Morgan fingerprint density at radius 1 is 0.487 bits per heavy atom. The van der Waals surface area contributed by atoms with Crippen LogP contribution in [0.5, 0.6) is 0 Å². The molecule has 1 fully saturated rings. The number of carbonyl (C=O) groups is 2. The van der Waals surface area contributed by atoms with Gasteiger partial charge in [-0.3, -0.25) is 9.59 Å². The molecule has 0 radical (unpaired) electrons. The van der Waals surface area contributed by atoms with Gasteiger partial charge in [0.25, 0.3) is 0 Å². The number of aliphatic hydroxyl groups excluding tert-OH is 5. The number of hydrogen-bond donors (Lipinski definition) is 6. The van der Waals surface area contributed by atoms with Crippen LogP contribution in [0.1, 0.15) is 265 Å². The van der Waals surface area contributed by atoms with Crippen molar-refractivity contribution in [2.24, 2.45) is 0 Å². The van der Waals surface area contributed by atoms with E-state index in [-0.39, 0.29) is 19.4 Å². The number of unbranched alkanes of at least 4 members (excludes halogenated alkanes) is 26. The monoisotopic (exact) mass is 1120 g/mol. The molecule has 0 spiro atoms. The van der Waals surface area contributed by atoms with Crippen LogP contribution >= 0.6 is 0 Å². The lowest BCUT2D eigenvalue weighted by atomic mass is 9.99. The molecule has 8 atom stereocenters. The van der Waals surface area contributed by atoms with Gasteiger partial charge in [-0.25, -0.2) is 0 Å². The van der Waals surface area contributed by atoms with Crippen molar-refractivity contribution in [1.29, 1.82) is 0 Å². The van der Waals surface area contributed by atoms with E-state index in [2.05, 4.69) is 111 Å². The lowest BCUT2D eigenvalue weighted by Crippen LogP contribution is -2.61. The number of rotatable bonds is 54. The van der Waals surface area contributed by atoms with Crippen molar-refractivity contribution >= 4 is 11.9 Å². The van der Waals surface area contributed by atoms with Crippen molar-refractivity contribution in [2.45, 2.75) is 314 Å². The Bertz CT molecular complexity index is 1670. The number of ether oxygens (including phenoxy) is 3. The van der Waals surface area contributed by atoms with Gasteiger partial charge in [-0.1, -0.05) is 246 Å². The average molecular weight is 1120 g/mol. The molecule has 0 aromatic heterocycles. The highest BCUT2D eigenvalue weighted by Crippen LogP contribution is 2.26. The summed E-state index contributed by atoms with van der Waals surface area (Å²) in [5.74, 6) is -1.23. The second-order valence-corrected chi connectivity index (χ2v) is 22.1. The third kappa shape index (κ3) is 43.3. The standard InChI is InChI=1S/C69H119NO10/c1-4-7-10-13-16-19-22-25-27-29-30-31-32-33-34-35-37-39-42-45-48-51-54-57-64(74)80-67-66(76)65(75)63(58-71)79-69(67)78-59-60(61(72)55-52-49-46-43-40-24-21-18-15-12-9-6-3)70-68(77)62(73)56-53-50-47-44-41-38-36-28-26-23-20-17-14-11-8-5-2/h16-17,19-20,25-28,30-31,33-34,38,41,52,55,60-63,65-67,69,71-73,75-76H,4-15,18,21-24,29,32,35-37,39-40,42-51,53-54,56-59H2,1-3H3,(H,70,77)/b19-16-,20-17-,27-25-,28-26-,31-30-,34-33-,41-38-,55-52+. The molecule has 1 aliphatic heterocycles. The van der Waals surface area contributed by atoms with Crippen molar-refractivity contribution in [3.63, 3.8) is 0 Å². The molecule has 80 heavy (non-hydrogen) atoms. The zero-order valence-electron chi connectivity index (χ0n) is 50.9. The Labute approximate surface area is 488 Å². The molecule has 0 aromatic rings. The van der Waals surface area contributed by atoms with E-state index < -0.39 is 67.4 Å². The average Bonchev–Trinajstić information content (AvgIpc) is 3.48. The maximum absolute atomic E-state index is 13.4. The maximum atomic E-state index is 13.4. The molecule has 0 saturated carbocycles. The van der Waals surface area contributed by atoms with E-state index >= 15 is 0 Å². The Hall–Kier alpha value is -3.42. The van der Waals surface area contributed by atoms with Crippen LogP contribution in [-0.2, 0) is 23.8 Å². The van der Waals surface area contributed by atoms with E-state index in [1.54, 1.807) is 6.08 Å². The highest BCUT2D eigenvalue weighted by atomic mass is 16.7. The number of allylic oxidation sites excluding steroid dienone is 15.